The van der Waals surface area contributed by atoms with Crippen molar-refractivity contribution < 1.29 is 18.7 Å². The van der Waals surface area contributed by atoms with Gasteiger partial charge in [-0.25, -0.2) is 18.7 Å². The van der Waals surface area contributed by atoms with Gasteiger partial charge in [0.05, 0.1) is 11.5 Å². The predicted molar refractivity (Wildman–Crippen MR) is 64.1 cm³/mol. The van der Waals surface area contributed by atoms with Crippen molar-refractivity contribution >= 4 is 11.9 Å². The molecule has 2 heterocycles. The summed E-state index contributed by atoms with van der Waals surface area (Å²) in [6.45, 7) is 2.90. The van der Waals surface area contributed by atoms with Gasteiger partial charge in [-0.3, -0.25) is 4.79 Å². The van der Waals surface area contributed by atoms with E-state index in [1.54, 1.807) is 4.90 Å². The van der Waals surface area contributed by atoms with Crippen LogP contribution in [0.1, 0.15) is 25.3 Å². The Hall–Kier alpha value is -1.79. The van der Waals surface area contributed by atoms with E-state index in [1.807, 2.05) is 6.92 Å². The summed E-state index contributed by atoms with van der Waals surface area (Å²) in [5.74, 6) is -0.807. The molecule has 0 saturated carbocycles. The van der Waals surface area contributed by atoms with Gasteiger partial charge in [0, 0.05) is 25.5 Å². The molecule has 1 aliphatic heterocycles. The molecule has 2 rings (SSSR count). The molecule has 1 N–H and O–H groups in total. The molecule has 0 aliphatic carbocycles. The molecule has 2 atom stereocenters. The summed E-state index contributed by atoms with van der Waals surface area (Å²) in [6.07, 6.45) is 0.187. The summed E-state index contributed by atoms with van der Waals surface area (Å²) < 4.78 is 24.8. The number of alkyl halides is 2. The van der Waals surface area contributed by atoms with E-state index in [0.717, 1.165) is 12.4 Å². The van der Waals surface area contributed by atoms with Crippen molar-refractivity contribution in [2.75, 3.05) is 18.0 Å². The molecule has 2 unspecified atom stereocenters. The van der Waals surface area contributed by atoms with E-state index < -0.39 is 18.3 Å². The zero-order valence-corrected chi connectivity index (χ0v) is 10.5. The highest BCUT2D eigenvalue weighted by atomic mass is 19.3. The van der Waals surface area contributed by atoms with Gasteiger partial charge in [0.15, 0.2) is 0 Å². The minimum atomic E-state index is -2.60. The first-order valence-electron chi connectivity index (χ1n) is 6.05. The van der Waals surface area contributed by atoms with E-state index in [9.17, 15) is 13.6 Å². The largest absolute Gasteiger partial charge is 0.481 e. The van der Waals surface area contributed by atoms with Crippen LogP contribution in [0.15, 0.2) is 12.4 Å². The molecule has 7 heteroatoms. The van der Waals surface area contributed by atoms with Gasteiger partial charge >= 0.3 is 5.97 Å². The molecule has 1 saturated heterocycles. The maximum atomic E-state index is 12.4. The van der Waals surface area contributed by atoms with Gasteiger partial charge in [0.2, 0.25) is 5.95 Å². The third kappa shape index (κ3) is 3.15. The van der Waals surface area contributed by atoms with E-state index in [4.69, 9.17) is 5.11 Å². The summed E-state index contributed by atoms with van der Waals surface area (Å²) in [4.78, 5) is 20.6. The summed E-state index contributed by atoms with van der Waals surface area (Å²) in [5, 5.41) is 9.07. The first kappa shape index (κ1) is 13.6. The highest BCUT2D eigenvalue weighted by Gasteiger charge is 2.30. The number of aliphatic carboxylic acids is 1. The monoisotopic (exact) mass is 271 g/mol. The lowest BCUT2D eigenvalue weighted by Crippen LogP contribution is -2.43. The van der Waals surface area contributed by atoms with Gasteiger partial charge in [-0.05, 0) is 12.3 Å². The second-order valence-corrected chi connectivity index (χ2v) is 4.90. The smallest absolute Gasteiger partial charge is 0.308 e. The van der Waals surface area contributed by atoms with Crippen molar-refractivity contribution in [1.82, 2.24) is 9.97 Å². The molecule has 5 nitrogen and oxygen atoms in total. The normalized spacial score (nSPS) is 23.7. The van der Waals surface area contributed by atoms with Crippen LogP contribution in [0.5, 0.6) is 0 Å². The van der Waals surface area contributed by atoms with E-state index in [1.165, 1.54) is 0 Å². The topological polar surface area (TPSA) is 66.3 Å². The van der Waals surface area contributed by atoms with E-state index in [2.05, 4.69) is 9.97 Å². The lowest BCUT2D eigenvalue weighted by atomic mass is 9.91. The summed E-state index contributed by atoms with van der Waals surface area (Å²) in [7, 11) is 0. The number of carbonyl (C=O) groups is 1. The lowest BCUT2D eigenvalue weighted by molar-refractivity contribution is -0.142. The Labute approximate surface area is 109 Å². The minimum Gasteiger partial charge on any atom is -0.481 e. The number of hydrogen-bond acceptors (Lipinski definition) is 4. The lowest BCUT2D eigenvalue weighted by Gasteiger charge is -2.34. The molecule has 0 spiro atoms. The van der Waals surface area contributed by atoms with Crippen LogP contribution >= 0.6 is 0 Å². The molecule has 0 bridgehead atoms. The average molecular weight is 271 g/mol. The first-order valence-corrected chi connectivity index (χ1v) is 6.05. The number of carboxylic acid groups (broad SMARTS) is 1. The number of piperidine rings is 1. The van der Waals surface area contributed by atoms with Crippen LogP contribution in [0, 0.1) is 11.8 Å². The van der Waals surface area contributed by atoms with Crippen molar-refractivity contribution in [2.45, 2.75) is 19.8 Å². The summed E-state index contributed by atoms with van der Waals surface area (Å²) in [5.41, 5.74) is -0.233. The first-order chi connectivity index (χ1) is 8.97. The highest BCUT2D eigenvalue weighted by molar-refractivity contribution is 5.71. The zero-order valence-electron chi connectivity index (χ0n) is 10.5. The maximum absolute atomic E-state index is 12.4. The molecule has 0 amide bonds. The molecule has 1 aromatic heterocycles. The Morgan fingerprint density at radius 2 is 2.05 bits per heavy atom. The second-order valence-electron chi connectivity index (χ2n) is 4.90. The SMILES string of the molecule is CC1CC(C(=O)O)CN(c2ncc(C(F)F)cn2)C1. The average Bonchev–Trinajstić information content (AvgIpc) is 2.38. The van der Waals surface area contributed by atoms with Crippen LogP contribution < -0.4 is 4.90 Å². The molecule has 0 aromatic carbocycles. The van der Waals surface area contributed by atoms with Crippen LogP contribution in [-0.2, 0) is 4.79 Å². The van der Waals surface area contributed by atoms with Crippen LogP contribution in [0.4, 0.5) is 14.7 Å². The molecular weight excluding hydrogens is 256 g/mol. The van der Waals surface area contributed by atoms with E-state index in [-0.39, 0.29) is 11.5 Å². The fourth-order valence-electron chi connectivity index (χ4n) is 2.30. The zero-order chi connectivity index (χ0) is 14.0. The number of halogens is 2. The fraction of sp³-hybridized carbons (Fsp3) is 0.583. The van der Waals surface area contributed by atoms with Crippen LogP contribution in [-0.4, -0.2) is 34.1 Å². The van der Waals surface area contributed by atoms with Gasteiger partial charge in [0.25, 0.3) is 6.43 Å². The molecule has 19 heavy (non-hydrogen) atoms. The molecule has 1 fully saturated rings. The predicted octanol–water partition coefficient (Wildman–Crippen LogP) is 1.96. The second kappa shape index (κ2) is 5.46. The third-order valence-electron chi connectivity index (χ3n) is 3.20. The van der Waals surface area contributed by atoms with Crippen molar-refractivity contribution in [1.29, 1.82) is 0 Å². The number of hydrogen-bond donors (Lipinski definition) is 1. The minimum absolute atomic E-state index is 0.202. The maximum Gasteiger partial charge on any atom is 0.308 e. The number of rotatable bonds is 3. The molecular formula is C12H15F2N3O2. The summed E-state index contributed by atoms with van der Waals surface area (Å²) >= 11 is 0. The van der Waals surface area contributed by atoms with Gasteiger partial charge < -0.3 is 10.0 Å². The Kier molecular flexibility index (Phi) is 3.92. The van der Waals surface area contributed by atoms with E-state index in [0.29, 0.717) is 25.5 Å². The van der Waals surface area contributed by atoms with Crippen molar-refractivity contribution in [3.63, 3.8) is 0 Å². The highest BCUT2D eigenvalue weighted by Crippen LogP contribution is 2.25. The standard InChI is InChI=1S/C12H15F2N3O2/c1-7-2-8(11(18)19)6-17(5-7)12-15-3-9(4-16-12)10(13)14/h3-4,7-8,10H,2,5-6H2,1H3,(H,18,19). The number of nitrogens with zero attached hydrogens (tertiary/aromatic N) is 3. The van der Waals surface area contributed by atoms with Gasteiger partial charge in [-0.15, -0.1) is 0 Å². The van der Waals surface area contributed by atoms with Gasteiger partial charge in [0.1, 0.15) is 0 Å². The molecule has 1 aromatic rings. The molecule has 104 valence electrons. The summed E-state index contributed by atoms with van der Waals surface area (Å²) in [6, 6.07) is 0. The van der Waals surface area contributed by atoms with Crippen LogP contribution in [0.25, 0.3) is 0 Å². The van der Waals surface area contributed by atoms with Crippen molar-refractivity contribution in [3.8, 4) is 0 Å². The molecule has 1 aliphatic rings. The Morgan fingerprint density at radius 3 is 2.58 bits per heavy atom. The Bertz CT molecular complexity index is 453. The number of carboxylic acids is 1. The van der Waals surface area contributed by atoms with Crippen molar-refractivity contribution in [3.05, 3.63) is 18.0 Å². The third-order valence-corrected chi connectivity index (χ3v) is 3.20. The number of anilines is 1. The van der Waals surface area contributed by atoms with Crippen molar-refractivity contribution in [2.24, 2.45) is 11.8 Å². The quantitative estimate of drug-likeness (QED) is 0.910. The van der Waals surface area contributed by atoms with Crippen LogP contribution in [0.2, 0.25) is 0 Å². The van der Waals surface area contributed by atoms with Gasteiger partial charge in [-0.1, -0.05) is 6.92 Å². The van der Waals surface area contributed by atoms with E-state index >= 15 is 0 Å². The Morgan fingerprint density at radius 1 is 1.42 bits per heavy atom. The molecule has 0 radical (unpaired) electrons. The Balaban J connectivity index is 2.14. The fourth-order valence-corrected chi connectivity index (χ4v) is 2.30. The van der Waals surface area contributed by atoms with Crippen LogP contribution in [0.3, 0.4) is 0 Å². The number of aromatic nitrogens is 2. The van der Waals surface area contributed by atoms with Gasteiger partial charge in [-0.2, -0.15) is 0 Å².